The molecule has 1 heterocycles. The van der Waals surface area contributed by atoms with Gasteiger partial charge in [0.2, 0.25) is 0 Å². The zero-order valence-electron chi connectivity index (χ0n) is 8.55. The van der Waals surface area contributed by atoms with Crippen LogP contribution in [0.1, 0.15) is 11.4 Å². The lowest BCUT2D eigenvalue weighted by Crippen LogP contribution is -1.95. The maximum atomic E-state index is 8.86. The first-order chi connectivity index (χ1) is 8.24. The van der Waals surface area contributed by atoms with Gasteiger partial charge in [-0.2, -0.15) is 10.5 Å². The van der Waals surface area contributed by atoms with Crippen molar-refractivity contribution in [2.45, 2.75) is 0 Å². The van der Waals surface area contributed by atoms with E-state index >= 15 is 0 Å². The van der Waals surface area contributed by atoms with Crippen LogP contribution in [0.15, 0.2) is 34.9 Å². The van der Waals surface area contributed by atoms with Gasteiger partial charge in [-0.25, -0.2) is 9.97 Å². The molecule has 0 saturated heterocycles. The first-order valence-corrected chi connectivity index (χ1v) is 5.47. The molecule has 0 aliphatic carbocycles. The third kappa shape index (κ3) is 2.30. The topological polar surface area (TPSA) is 73.4 Å². The van der Waals surface area contributed by atoms with Crippen LogP contribution in [0.4, 0.5) is 0 Å². The average Bonchev–Trinajstić information content (AvgIpc) is 2.38. The van der Waals surface area contributed by atoms with Crippen LogP contribution in [0.3, 0.4) is 0 Å². The van der Waals surface area contributed by atoms with Gasteiger partial charge in [0.15, 0.2) is 11.4 Å². The summed E-state index contributed by atoms with van der Waals surface area (Å²) < 4.78 is 0.916. The van der Waals surface area contributed by atoms with Crippen molar-refractivity contribution < 1.29 is 0 Å². The van der Waals surface area contributed by atoms with Crippen molar-refractivity contribution in [1.29, 1.82) is 10.5 Å². The van der Waals surface area contributed by atoms with Crippen LogP contribution in [0.25, 0.3) is 11.3 Å². The van der Waals surface area contributed by atoms with E-state index in [1.807, 2.05) is 36.4 Å². The quantitative estimate of drug-likeness (QED) is 0.807. The molecule has 0 saturated carbocycles. The lowest BCUT2D eigenvalue weighted by atomic mass is 10.1. The Morgan fingerprint density at radius 1 is 1.12 bits per heavy atom. The first kappa shape index (κ1) is 11.3. The number of nitriles is 2. The van der Waals surface area contributed by atoms with E-state index in [9.17, 15) is 0 Å². The summed E-state index contributed by atoms with van der Waals surface area (Å²) in [7, 11) is 0. The van der Waals surface area contributed by atoms with Crippen molar-refractivity contribution in [2.75, 3.05) is 0 Å². The lowest BCUT2D eigenvalue weighted by Gasteiger charge is -2.01. The number of nitrogens with zero attached hydrogens (tertiary/aromatic N) is 4. The molecule has 0 bridgehead atoms. The van der Waals surface area contributed by atoms with Crippen LogP contribution in [0.5, 0.6) is 0 Å². The summed E-state index contributed by atoms with van der Waals surface area (Å²) in [5.41, 5.74) is 1.51. The Morgan fingerprint density at radius 2 is 1.88 bits per heavy atom. The van der Waals surface area contributed by atoms with Gasteiger partial charge >= 0.3 is 0 Å². The zero-order chi connectivity index (χ0) is 12.3. The fourth-order valence-corrected chi connectivity index (χ4v) is 1.74. The summed E-state index contributed by atoms with van der Waals surface area (Å²) in [6.07, 6.45) is 1.49. The van der Waals surface area contributed by atoms with Gasteiger partial charge in [-0.1, -0.05) is 28.1 Å². The number of aromatic nitrogens is 2. The molecule has 2 aromatic rings. The Morgan fingerprint density at radius 3 is 2.53 bits per heavy atom. The fourth-order valence-electron chi connectivity index (χ4n) is 1.34. The molecule has 5 heteroatoms. The maximum Gasteiger partial charge on any atom is 0.177 e. The Labute approximate surface area is 106 Å². The number of halogens is 1. The Hall–Kier alpha value is -2.24. The Balaban J connectivity index is 2.56. The predicted molar refractivity (Wildman–Crippen MR) is 64.6 cm³/mol. The summed E-state index contributed by atoms with van der Waals surface area (Å²) >= 11 is 3.36. The molecule has 0 amide bonds. The van der Waals surface area contributed by atoms with E-state index in [0.717, 1.165) is 10.0 Å². The fraction of sp³-hybridized carbons (Fsp3) is 0. The predicted octanol–water partition coefficient (Wildman–Crippen LogP) is 2.65. The van der Waals surface area contributed by atoms with Gasteiger partial charge in [0, 0.05) is 10.0 Å². The van der Waals surface area contributed by atoms with Crippen LogP contribution in [0, 0.1) is 22.7 Å². The third-order valence-corrected chi connectivity index (χ3v) is 2.60. The first-order valence-electron chi connectivity index (χ1n) is 4.68. The van der Waals surface area contributed by atoms with E-state index < -0.39 is 0 Å². The number of hydrogen-bond donors (Lipinski definition) is 0. The second-order valence-corrected chi connectivity index (χ2v) is 4.10. The molecule has 0 atom stereocenters. The van der Waals surface area contributed by atoms with Crippen molar-refractivity contribution in [3.63, 3.8) is 0 Å². The highest BCUT2D eigenvalue weighted by Crippen LogP contribution is 2.21. The molecule has 0 unspecified atom stereocenters. The van der Waals surface area contributed by atoms with Crippen LogP contribution in [-0.4, -0.2) is 9.97 Å². The lowest BCUT2D eigenvalue weighted by molar-refractivity contribution is 1.13. The van der Waals surface area contributed by atoms with Crippen molar-refractivity contribution in [2.24, 2.45) is 0 Å². The summed E-state index contributed by atoms with van der Waals surface area (Å²) in [4.78, 5) is 8.02. The van der Waals surface area contributed by atoms with Crippen LogP contribution in [-0.2, 0) is 0 Å². The number of rotatable bonds is 1. The van der Waals surface area contributed by atoms with Gasteiger partial charge in [0.25, 0.3) is 0 Å². The normalized spacial score (nSPS) is 9.35. The van der Waals surface area contributed by atoms with E-state index in [1.165, 1.54) is 6.20 Å². The molecule has 1 aromatic carbocycles. The number of benzene rings is 1. The number of hydrogen-bond acceptors (Lipinski definition) is 4. The van der Waals surface area contributed by atoms with Gasteiger partial charge < -0.3 is 0 Å². The minimum absolute atomic E-state index is 0.0463. The molecule has 0 fully saturated rings. The van der Waals surface area contributed by atoms with Gasteiger partial charge in [0.1, 0.15) is 12.1 Å². The highest BCUT2D eigenvalue weighted by atomic mass is 79.9. The average molecular weight is 285 g/mol. The highest BCUT2D eigenvalue weighted by Gasteiger charge is 2.07. The third-order valence-electron chi connectivity index (χ3n) is 2.10. The molecule has 0 radical (unpaired) electrons. The molecule has 4 nitrogen and oxygen atoms in total. The summed E-state index contributed by atoms with van der Waals surface area (Å²) in [6.45, 7) is 0. The van der Waals surface area contributed by atoms with E-state index in [2.05, 4.69) is 25.9 Å². The largest absolute Gasteiger partial charge is 0.240 e. The highest BCUT2D eigenvalue weighted by molar-refractivity contribution is 9.10. The smallest absolute Gasteiger partial charge is 0.177 e. The molecule has 0 spiro atoms. The molecule has 0 aliphatic rings. The van der Waals surface area contributed by atoms with Crippen LogP contribution >= 0.6 is 15.9 Å². The van der Waals surface area contributed by atoms with Crippen LogP contribution in [0.2, 0.25) is 0 Å². The SMILES string of the molecule is N#Cc1ncc(-c2cccc(Br)c2)nc1C#N. The van der Waals surface area contributed by atoms with E-state index in [-0.39, 0.29) is 11.4 Å². The molecule has 0 N–H and O–H groups in total. The Kier molecular flexibility index (Phi) is 3.13. The molecule has 2 rings (SSSR count). The molecular weight excluding hydrogens is 280 g/mol. The van der Waals surface area contributed by atoms with Crippen LogP contribution < -0.4 is 0 Å². The monoisotopic (exact) mass is 284 g/mol. The molecule has 80 valence electrons. The van der Waals surface area contributed by atoms with E-state index in [4.69, 9.17) is 10.5 Å². The van der Waals surface area contributed by atoms with E-state index in [1.54, 1.807) is 0 Å². The van der Waals surface area contributed by atoms with Crippen molar-refractivity contribution in [3.8, 4) is 23.4 Å². The van der Waals surface area contributed by atoms with Gasteiger partial charge in [-0.3, -0.25) is 0 Å². The molecule has 1 aromatic heterocycles. The second-order valence-electron chi connectivity index (χ2n) is 3.19. The molecular formula is C12H5BrN4. The van der Waals surface area contributed by atoms with E-state index in [0.29, 0.717) is 5.69 Å². The van der Waals surface area contributed by atoms with Crippen molar-refractivity contribution >= 4 is 15.9 Å². The van der Waals surface area contributed by atoms with Gasteiger partial charge in [0.05, 0.1) is 11.9 Å². The Bertz CT molecular complexity index is 652. The standard InChI is InChI=1S/C12H5BrN4/c13-9-3-1-2-8(4-9)12-7-16-10(5-14)11(6-15)17-12/h1-4,7H. The second kappa shape index (κ2) is 4.73. The minimum atomic E-state index is 0.0463. The maximum absolute atomic E-state index is 8.86. The summed E-state index contributed by atoms with van der Waals surface area (Å²) in [5, 5.41) is 17.6. The van der Waals surface area contributed by atoms with Gasteiger partial charge in [-0.05, 0) is 12.1 Å². The minimum Gasteiger partial charge on any atom is -0.240 e. The summed E-state index contributed by atoms with van der Waals surface area (Å²) in [5.74, 6) is 0. The van der Waals surface area contributed by atoms with Crippen molar-refractivity contribution in [1.82, 2.24) is 9.97 Å². The van der Waals surface area contributed by atoms with Crippen molar-refractivity contribution in [3.05, 3.63) is 46.3 Å². The zero-order valence-corrected chi connectivity index (χ0v) is 10.1. The molecule has 17 heavy (non-hydrogen) atoms. The molecule has 0 aliphatic heterocycles. The van der Waals surface area contributed by atoms with Gasteiger partial charge in [-0.15, -0.1) is 0 Å². The summed E-state index contributed by atoms with van der Waals surface area (Å²) in [6, 6.07) is 11.2.